The van der Waals surface area contributed by atoms with Crippen molar-refractivity contribution in [1.82, 2.24) is 0 Å². The molecule has 0 aromatic heterocycles. The van der Waals surface area contributed by atoms with Crippen LogP contribution in [0.3, 0.4) is 0 Å². The lowest BCUT2D eigenvalue weighted by Gasteiger charge is -2.32. The van der Waals surface area contributed by atoms with Crippen molar-refractivity contribution in [3.05, 3.63) is 0 Å². The zero-order valence-electron chi connectivity index (χ0n) is 9.38. The van der Waals surface area contributed by atoms with E-state index in [9.17, 15) is 0 Å². The van der Waals surface area contributed by atoms with E-state index >= 15 is 0 Å². The Morgan fingerprint density at radius 1 is 0.786 bits per heavy atom. The third-order valence-electron chi connectivity index (χ3n) is 4.48. The topological polar surface area (TPSA) is 26.0 Å². The van der Waals surface area contributed by atoms with Crippen LogP contribution in [0.1, 0.15) is 57.8 Å². The van der Waals surface area contributed by atoms with Crippen LogP contribution in [0.4, 0.5) is 0 Å². The summed E-state index contributed by atoms with van der Waals surface area (Å²) in [6.45, 7) is 0.942. The first-order valence-corrected chi connectivity index (χ1v) is 6.60. The van der Waals surface area contributed by atoms with Crippen LogP contribution in [-0.4, -0.2) is 6.54 Å². The molecular weight excluding hydrogens is 170 g/mol. The molecule has 82 valence electrons. The molecule has 0 aromatic carbocycles. The average molecular weight is 195 g/mol. The van der Waals surface area contributed by atoms with Gasteiger partial charge in [0.2, 0.25) is 0 Å². The van der Waals surface area contributed by atoms with Crippen LogP contribution in [0.15, 0.2) is 0 Å². The van der Waals surface area contributed by atoms with Crippen LogP contribution in [0.25, 0.3) is 0 Å². The van der Waals surface area contributed by atoms with Crippen molar-refractivity contribution < 1.29 is 0 Å². The summed E-state index contributed by atoms with van der Waals surface area (Å²) < 4.78 is 0. The second kappa shape index (κ2) is 5.16. The molecule has 2 rings (SSSR count). The fourth-order valence-electron chi connectivity index (χ4n) is 3.58. The predicted octanol–water partition coefficient (Wildman–Crippen LogP) is 3.33. The zero-order chi connectivity index (χ0) is 9.80. The molecule has 2 saturated carbocycles. The van der Waals surface area contributed by atoms with Crippen LogP contribution < -0.4 is 5.73 Å². The van der Waals surface area contributed by atoms with E-state index in [2.05, 4.69) is 0 Å². The van der Waals surface area contributed by atoms with E-state index in [0.717, 1.165) is 24.3 Å². The summed E-state index contributed by atoms with van der Waals surface area (Å²) >= 11 is 0. The Kier molecular flexibility index (Phi) is 3.86. The lowest BCUT2D eigenvalue weighted by molar-refractivity contribution is 0.202. The molecule has 1 nitrogen and oxygen atoms in total. The highest BCUT2D eigenvalue weighted by atomic mass is 14.6. The van der Waals surface area contributed by atoms with E-state index in [1.54, 1.807) is 0 Å². The van der Waals surface area contributed by atoms with Crippen molar-refractivity contribution in [1.29, 1.82) is 0 Å². The van der Waals surface area contributed by atoms with Gasteiger partial charge in [0.25, 0.3) is 0 Å². The monoisotopic (exact) mass is 195 g/mol. The molecule has 2 unspecified atom stereocenters. The predicted molar refractivity (Wildman–Crippen MR) is 61.1 cm³/mol. The Morgan fingerprint density at radius 3 is 2.00 bits per heavy atom. The third kappa shape index (κ3) is 2.50. The van der Waals surface area contributed by atoms with Crippen molar-refractivity contribution in [2.45, 2.75) is 57.8 Å². The first-order chi connectivity index (χ1) is 6.90. The summed E-state index contributed by atoms with van der Waals surface area (Å²) in [5.74, 6) is 2.91. The van der Waals surface area contributed by atoms with Gasteiger partial charge in [-0.15, -0.1) is 0 Å². The van der Waals surface area contributed by atoms with Gasteiger partial charge in [0.15, 0.2) is 0 Å². The lowest BCUT2D eigenvalue weighted by atomic mass is 9.74. The Balaban J connectivity index is 1.81. The number of hydrogen-bond acceptors (Lipinski definition) is 1. The van der Waals surface area contributed by atoms with Gasteiger partial charge in [0.05, 0.1) is 0 Å². The van der Waals surface area contributed by atoms with E-state index in [1.165, 1.54) is 57.8 Å². The van der Waals surface area contributed by atoms with Crippen molar-refractivity contribution in [2.24, 2.45) is 23.5 Å². The summed E-state index contributed by atoms with van der Waals surface area (Å²) in [6, 6.07) is 0. The number of nitrogens with two attached hydrogens (primary N) is 1. The minimum Gasteiger partial charge on any atom is -0.330 e. The molecule has 0 amide bonds. The number of rotatable bonds is 3. The Hall–Kier alpha value is -0.0400. The highest BCUT2D eigenvalue weighted by Gasteiger charge is 2.27. The van der Waals surface area contributed by atoms with Gasteiger partial charge in [-0.05, 0) is 37.1 Å². The first kappa shape index (κ1) is 10.5. The number of hydrogen-bond donors (Lipinski definition) is 1. The molecule has 2 N–H and O–H groups in total. The molecule has 2 atom stereocenters. The van der Waals surface area contributed by atoms with E-state index in [-0.39, 0.29) is 0 Å². The average Bonchev–Trinajstić information content (AvgIpc) is 2.71. The van der Waals surface area contributed by atoms with Gasteiger partial charge in [-0.2, -0.15) is 0 Å². The highest BCUT2D eigenvalue weighted by molar-refractivity contribution is 4.80. The van der Waals surface area contributed by atoms with Crippen molar-refractivity contribution in [2.75, 3.05) is 6.54 Å². The van der Waals surface area contributed by atoms with Gasteiger partial charge in [-0.25, -0.2) is 0 Å². The molecule has 0 aromatic rings. The smallest absolute Gasteiger partial charge is 0.00462 e. The van der Waals surface area contributed by atoms with Gasteiger partial charge in [-0.3, -0.25) is 0 Å². The van der Waals surface area contributed by atoms with Gasteiger partial charge < -0.3 is 5.73 Å². The standard InChI is InChI=1S/C13H25N/c14-10-13-8-4-3-7-12(13)9-11-5-1-2-6-11/h11-13H,1-10,14H2. The highest BCUT2D eigenvalue weighted by Crippen LogP contribution is 2.38. The molecule has 14 heavy (non-hydrogen) atoms. The normalized spacial score (nSPS) is 34.9. The van der Waals surface area contributed by atoms with Crippen LogP contribution >= 0.6 is 0 Å². The van der Waals surface area contributed by atoms with Crippen molar-refractivity contribution in [3.63, 3.8) is 0 Å². The minimum absolute atomic E-state index is 0.865. The van der Waals surface area contributed by atoms with E-state index < -0.39 is 0 Å². The van der Waals surface area contributed by atoms with Crippen LogP contribution in [0, 0.1) is 17.8 Å². The van der Waals surface area contributed by atoms with E-state index in [1.807, 2.05) is 0 Å². The molecule has 0 spiro atoms. The zero-order valence-corrected chi connectivity index (χ0v) is 9.38. The molecule has 1 heteroatoms. The maximum atomic E-state index is 5.87. The van der Waals surface area contributed by atoms with Gasteiger partial charge in [0, 0.05) is 0 Å². The molecule has 2 aliphatic carbocycles. The molecule has 0 aliphatic heterocycles. The Bertz CT molecular complexity index is 161. The molecular formula is C13H25N. The van der Waals surface area contributed by atoms with Gasteiger partial charge in [0.1, 0.15) is 0 Å². The third-order valence-corrected chi connectivity index (χ3v) is 4.48. The van der Waals surface area contributed by atoms with Crippen LogP contribution in [0.5, 0.6) is 0 Å². The summed E-state index contributed by atoms with van der Waals surface area (Å²) in [5, 5.41) is 0. The maximum absolute atomic E-state index is 5.87. The largest absolute Gasteiger partial charge is 0.330 e. The second-order valence-corrected chi connectivity index (χ2v) is 5.43. The van der Waals surface area contributed by atoms with Crippen LogP contribution in [0.2, 0.25) is 0 Å². The van der Waals surface area contributed by atoms with Gasteiger partial charge >= 0.3 is 0 Å². The Morgan fingerprint density at radius 2 is 1.36 bits per heavy atom. The minimum atomic E-state index is 0.865. The second-order valence-electron chi connectivity index (χ2n) is 5.43. The summed E-state index contributed by atoms with van der Waals surface area (Å²) in [4.78, 5) is 0. The van der Waals surface area contributed by atoms with E-state index in [4.69, 9.17) is 5.73 Å². The summed E-state index contributed by atoms with van der Waals surface area (Å²) in [6.07, 6.45) is 13.3. The molecule has 2 aliphatic rings. The molecule has 2 fully saturated rings. The molecule has 0 heterocycles. The lowest BCUT2D eigenvalue weighted by Crippen LogP contribution is -2.28. The van der Waals surface area contributed by atoms with Gasteiger partial charge in [-0.1, -0.05) is 44.9 Å². The van der Waals surface area contributed by atoms with Crippen molar-refractivity contribution >= 4 is 0 Å². The fourth-order valence-corrected chi connectivity index (χ4v) is 3.58. The van der Waals surface area contributed by atoms with E-state index in [0.29, 0.717) is 0 Å². The first-order valence-electron chi connectivity index (χ1n) is 6.60. The summed E-state index contributed by atoms with van der Waals surface area (Å²) in [5.41, 5.74) is 5.87. The SMILES string of the molecule is NCC1CCCCC1CC1CCCC1. The van der Waals surface area contributed by atoms with Crippen molar-refractivity contribution in [3.8, 4) is 0 Å². The molecule has 0 saturated heterocycles. The molecule has 0 radical (unpaired) electrons. The fraction of sp³-hybridized carbons (Fsp3) is 1.00. The molecule has 0 bridgehead atoms. The summed E-state index contributed by atoms with van der Waals surface area (Å²) in [7, 11) is 0. The van der Waals surface area contributed by atoms with Crippen LogP contribution in [-0.2, 0) is 0 Å². The Labute approximate surface area is 88.4 Å². The maximum Gasteiger partial charge on any atom is -0.00462 e. The quantitative estimate of drug-likeness (QED) is 0.734.